The summed E-state index contributed by atoms with van der Waals surface area (Å²) in [7, 11) is 0. The predicted molar refractivity (Wildman–Crippen MR) is 186 cm³/mol. The minimum Gasteiger partial charge on any atom is -0.244 e. The zero-order chi connectivity index (χ0) is 30.9. The number of benzene rings is 5. The Hall–Kier alpha value is -4.56. The lowest BCUT2D eigenvalue weighted by atomic mass is 9.70. The summed E-state index contributed by atoms with van der Waals surface area (Å²) in [4.78, 5) is 10.8. The van der Waals surface area contributed by atoms with Gasteiger partial charge in [-0.2, -0.15) is 0 Å². The van der Waals surface area contributed by atoms with E-state index in [1.807, 2.05) is 12.1 Å². The molecule has 2 nitrogen and oxygen atoms in total. The number of rotatable bonds is 6. The molecule has 220 valence electrons. The Morgan fingerprint density at radius 1 is 0.386 bits per heavy atom. The fourth-order valence-corrected chi connectivity index (χ4v) is 6.89. The molecule has 0 amide bonds. The van der Waals surface area contributed by atoms with Crippen LogP contribution in [0.4, 0.5) is 0 Å². The zero-order valence-electron chi connectivity index (χ0n) is 26.8. The molecule has 2 heteroatoms. The normalized spacial score (nSPS) is 13.5. The highest BCUT2D eigenvalue weighted by Crippen LogP contribution is 2.48. The monoisotopic (exact) mass is 574 g/mol. The van der Waals surface area contributed by atoms with Crippen molar-refractivity contribution in [1.29, 1.82) is 0 Å². The maximum absolute atomic E-state index is 5.41. The molecule has 44 heavy (non-hydrogen) atoms. The molecule has 0 aliphatic carbocycles. The zero-order valence-corrected chi connectivity index (χ0v) is 26.8. The van der Waals surface area contributed by atoms with Gasteiger partial charge in [0.25, 0.3) is 0 Å². The summed E-state index contributed by atoms with van der Waals surface area (Å²) in [6, 6.07) is 47.7. The maximum atomic E-state index is 5.41. The fraction of sp³-hybridized carbons (Fsp3) is 0.238. The molecule has 0 saturated carbocycles. The van der Waals surface area contributed by atoms with Crippen LogP contribution >= 0.6 is 0 Å². The van der Waals surface area contributed by atoms with Crippen LogP contribution in [0.5, 0.6) is 0 Å². The molecule has 0 unspecified atom stereocenters. The molecule has 5 aromatic carbocycles. The molecule has 0 bridgehead atoms. The van der Waals surface area contributed by atoms with E-state index in [4.69, 9.17) is 9.97 Å². The van der Waals surface area contributed by atoms with Crippen LogP contribution in [-0.4, -0.2) is 9.97 Å². The molecule has 0 N–H and O–H groups in total. The molecule has 6 rings (SSSR count). The second-order valence-corrected chi connectivity index (χ2v) is 14.0. The van der Waals surface area contributed by atoms with E-state index in [1.54, 1.807) is 0 Å². The van der Waals surface area contributed by atoms with Gasteiger partial charge in [-0.3, -0.25) is 0 Å². The molecule has 1 heterocycles. The summed E-state index contributed by atoms with van der Waals surface area (Å²) < 4.78 is 0. The largest absolute Gasteiger partial charge is 0.244 e. The second-order valence-electron chi connectivity index (χ2n) is 14.0. The van der Waals surface area contributed by atoms with Crippen LogP contribution in [0.15, 0.2) is 133 Å². The molecule has 0 fully saturated rings. The number of nitrogens with zero attached hydrogens (tertiary/aromatic N) is 2. The van der Waals surface area contributed by atoms with Gasteiger partial charge in [-0.15, -0.1) is 0 Å². The van der Waals surface area contributed by atoms with Crippen molar-refractivity contribution < 1.29 is 0 Å². The van der Waals surface area contributed by atoms with E-state index in [1.165, 1.54) is 22.3 Å². The van der Waals surface area contributed by atoms with Gasteiger partial charge in [-0.05, 0) is 45.2 Å². The average Bonchev–Trinajstić information content (AvgIpc) is 3.01. The van der Waals surface area contributed by atoms with Crippen molar-refractivity contribution in [3.63, 3.8) is 0 Å². The van der Waals surface area contributed by atoms with Crippen LogP contribution in [0.1, 0.15) is 75.6 Å². The summed E-state index contributed by atoms with van der Waals surface area (Å²) in [5.41, 5.74) is 11.0. The molecule has 6 aromatic rings. The Morgan fingerprint density at radius 2 is 0.705 bits per heavy atom. The highest BCUT2D eigenvalue weighted by Gasteiger charge is 2.33. The Morgan fingerprint density at radius 3 is 1.07 bits per heavy atom. The van der Waals surface area contributed by atoms with Crippen molar-refractivity contribution in [3.8, 4) is 22.5 Å². The number of hydrogen-bond acceptors (Lipinski definition) is 2. The van der Waals surface area contributed by atoms with Gasteiger partial charge in [-0.25, -0.2) is 9.97 Å². The Bertz CT molecular complexity index is 1740. The van der Waals surface area contributed by atoms with Gasteiger partial charge < -0.3 is 0 Å². The van der Waals surface area contributed by atoms with Gasteiger partial charge in [-0.1, -0.05) is 163 Å². The number of aromatic nitrogens is 2. The maximum Gasteiger partial charge on any atom is 0.0976 e. The summed E-state index contributed by atoms with van der Waals surface area (Å²) in [6.45, 7) is 14.0. The first-order chi connectivity index (χ1) is 21.1. The molecule has 2 atom stereocenters. The van der Waals surface area contributed by atoms with Crippen molar-refractivity contribution in [2.75, 3.05) is 0 Å². The van der Waals surface area contributed by atoms with Gasteiger partial charge in [0.05, 0.1) is 22.4 Å². The highest BCUT2D eigenvalue weighted by atomic mass is 14.8. The van der Waals surface area contributed by atoms with Crippen LogP contribution in [0.25, 0.3) is 33.5 Å². The van der Waals surface area contributed by atoms with Gasteiger partial charge >= 0.3 is 0 Å². The van der Waals surface area contributed by atoms with Crippen molar-refractivity contribution in [2.24, 2.45) is 10.8 Å². The van der Waals surface area contributed by atoms with Gasteiger partial charge in [0, 0.05) is 23.0 Å². The third-order valence-corrected chi connectivity index (χ3v) is 8.62. The van der Waals surface area contributed by atoms with Crippen LogP contribution in [-0.2, 0) is 0 Å². The molecule has 0 aliphatic rings. The Kier molecular flexibility index (Phi) is 7.95. The Balaban J connectivity index is 1.66. The first kappa shape index (κ1) is 29.5. The first-order valence-electron chi connectivity index (χ1n) is 15.7. The van der Waals surface area contributed by atoms with E-state index in [2.05, 4.69) is 163 Å². The predicted octanol–water partition coefficient (Wildman–Crippen LogP) is 11.3. The standard InChI is InChI=1S/C42H42N2/c1-41(2,3)37(29-19-9-7-10-20-29)31-23-13-15-25-33(31)39-40(44-36-28-18-17-27-35(36)43-39)34-26-16-14-24-32(34)38(42(4,5)6)30-21-11-8-12-22-30/h7-28,37-38H,1-6H3/t37-,38-/m0/s1. The summed E-state index contributed by atoms with van der Waals surface area (Å²) in [5, 5.41) is 0. The number of hydrogen-bond donors (Lipinski definition) is 0. The molecular weight excluding hydrogens is 532 g/mol. The average molecular weight is 575 g/mol. The van der Waals surface area contributed by atoms with E-state index in [0.717, 1.165) is 33.5 Å². The van der Waals surface area contributed by atoms with E-state index in [9.17, 15) is 0 Å². The molecule has 0 spiro atoms. The summed E-state index contributed by atoms with van der Waals surface area (Å²) in [5.74, 6) is 0.339. The lowest BCUT2D eigenvalue weighted by Crippen LogP contribution is -2.21. The SMILES string of the molecule is CC(C)(C)[C@@H](c1ccccc1)c1ccccc1-c1nc2ccccc2nc1-c1ccccc1[C@H](c1ccccc1)C(C)(C)C. The molecule has 0 saturated heterocycles. The van der Waals surface area contributed by atoms with Crippen molar-refractivity contribution >= 4 is 11.0 Å². The molecular formula is C42H42N2. The van der Waals surface area contributed by atoms with Crippen LogP contribution in [0, 0.1) is 10.8 Å². The quantitative estimate of drug-likeness (QED) is 0.198. The van der Waals surface area contributed by atoms with Gasteiger partial charge in [0.1, 0.15) is 0 Å². The fourth-order valence-electron chi connectivity index (χ4n) is 6.89. The minimum absolute atomic E-state index is 0.0234. The second kappa shape index (κ2) is 11.8. The van der Waals surface area contributed by atoms with Gasteiger partial charge in [0.2, 0.25) is 0 Å². The Labute approximate surface area is 262 Å². The van der Waals surface area contributed by atoms with Crippen molar-refractivity contribution in [3.05, 3.63) is 156 Å². The number of para-hydroxylation sites is 2. The molecule has 0 aliphatic heterocycles. The third-order valence-electron chi connectivity index (χ3n) is 8.62. The summed E-state index contributed by atoms with van der Waals surface area (Å²) in [6.07, 6.45) is 0. The topological polar surface area (TPSA) is 25.8 Å². The molecule has 1 aromatic heterocycles. The smallest absolute Gasteiger partial charge is 0.0976 e. The van der Waals surface area contributed by atoms with E-state index in [-0.39, 0.29) is 22.7 Å². The van der Waals surface area contributed by atoms with Crippen molar-refractivity contribution in [2.45, 2.75) is 53.4 Å². The van der Waals surface area contributed by atoms with Crippen LogP contribution in [0.3, 0.4) is 0 Å². The minimum atomic E-state index is -0.0234. The molecule has 0 radical (unpaired) electrons. The lowest BCUT2D eigenvalue weighted by Gasteiger charge is -2.34. The lowest BCUT2D eigenvalue weighted by molar-refractivity contribution is 0.358. The van der Waals surface area contributed by atoms with E-state index < -0.39 is 0 Å². The number of fused-ring (bicyclic) bond motifs is 1. The van der Waals surface area contributed by atoms with Gasteiger partial charge in [0.15, 0.2) is 0 Å². The first-order valence-corrected chi connectivity index (χ1v) is 15.7. The van der Waals surface area contributed by atoms with Crippen molar-refractivity contribution in [1.82, 2.24) is 9.97 Å². The van der Waals surface area contributed by atoms with Crippen LogP contribution < -0.4 is 0 Å². The van der Waals surface area contributed by atoms with Crippen LogP contribution in [0.2, 0.25) is 0 Å². The highest BCUT2D eigenvalue weighted by molar-refractivity contribution is 5.88. The summed E-state index contributed by atoms with van der Waals surface area (Å²) >= 11 is 0. The van der Waals surface area contributed by atoms with E-state index in [0.29, 0.717) is 0 Å². The van der Waals surface area contributed by atoms with E-state index >= 15 is 0 Å². The third kappa shape index (κ3) is 5.82.